The Morgan fingerprint density at radius 1 is 1.53 bits per heavy atom. The number of hydrogen-bond donors (Lipinski definition) is 1. The number of halogens is 1. The lowest BCUT2D eigenvalue weighted by Gasteiger charge is -2.12. The highest BCUT2D eigenvalue weighted by atomic mass is 19.1. The summed E-state index contributed by atoms with van der Waals surface area (Å²) in [6, 6.07) is 7.84. The van der Waals surface area contributed by atoms with Crippen LogP contribution in [0, 0.1) is 17.1 Å². The van der Waals surface area contributed by atoms with Crippen molar-refractivity contribution in [1.29, 1.82) is 5.26 Å². The molecular weight excluding hydrogens is 245 g/mol. The molecule has 1 N–H and O–H groups in total. The van der Waals surface area contributed by atoms with E-state index in [0.717, 1.165) is 6.54 Å². The molecule has 1 unspecified atom stereocenters. The minimum atomic E-state index is -0.616. The maximum absolute atomic E-state index is 13.1. The summed E-state index contributed by atoms with van der Waals surface area (Å²) in [6.45, 7) is 1.27. The number of hydrogen-bond acceptors (Lipinski definition) is 3. The van der Waals surface area contributed by atoms with Gasteiger partial charge >= 0.3 is 0 Å². The summed E-state index contributed by atoms with van der Waals surface area (Å²) >= 11 is 0. The molecule has 1 atom stereocenters. The Kier molecular flexibility index (Phi) is 5.97. The minimum Gasteiger partial charge on any atom is -0.355 e. The Bertz CT molecular complexity index is 468. The molecule has 102 valence electrons. The number of nitriles is 1. The Morgan fingerprint density at radius 3 is 2.84 bits per heavy atom. The fourth-order valence-corrected chi connectivity index (χ4v) is 1.64. The summed E-state index contributed by atoms with van der Waals surface area (Å²) in [7, 11) is 3.83. The smallest absolute Gasteiger partial charge is 0.221 e. The maximum Gasteiger partial charge on any atom is 0.221 e. The Labute approximate surface area is 112 Å². The van der Waals surface area contributed by atoms with E-state index in [1.807, 2.05) is 25.1 Å². The van der Waals surface area contributed by atoms with E-state index in [0.29, 0.717) is 12.1 Å². The van der Waals surface area contributed by atoms with Crippen LogP contribution in [-0.2, 0) is 4.79 Å². The summed E-state index contributed by atoms with van der Waals surface area (Å²) in [5.41, 5.74) is 0.533. The fraction of sp³-hybridized carbons (Fsp3) is 0.429. The third kappa shape index (κ3) is 5.49. The van der Waals surface area contributed by atoms with E-state index in [2.05, 4.69) is 5.32 Å². The van der Waals surface area contributed by atoms with Crippen molar-refractivity contribution in [3.63, 3.8) is 0 Å². The molecule has 1 rings (SSSR count). The average Bonchev–Trinajstić information content (AvgIpc) is 2.35. The van der Waals surface area contributed by atoms with Crippen molar-refractivity contribution in [1.82, 2.24) is 10.2 Å². The molecule has 0 aliphatic rings. The summed E-state index contributed by atoms with van der Waals surface area (Å²) in [5, 5.41) is 11.8. The lowest BCUT2D eigenvalue weighted by molar-refractivity contribution is -0.121. The van der Waals surface area contributed by atoms with Gasteiger partial charge in [-0.05, 0) is 31.8 Å². The van der Waals surface area contributed by atoms with Crippen molar-refractivity contribution >= 4 is 5.91 Å². The maximum atomic E-state index is 13.1. The summed E-state index contributed by atoms with van der Waals surface area (Å²) in [4.78, 5) is 13.6. The normalized spacial score (nSPS) is 11.9. The number of carbonyl (C=O) groups excluding carboxylic acids is 1. The monoisotopic (exact) mass is 263 g/mol. The zero-order valence-electron chi connectivity index (χ0n) is 11.2. The molecule has 0 spiro atoms. The molecule has 19 heavy (non-hydrogen) atoms. The van der Waals surface area contributed by atoms with E-state index in [1.54, 1.807) is 12.1 Å². The van der Waals surface area contributed by atoms with Crippen molar-refractivity contribution < 1.29 is 9.18 Å². The van der Waals surface area contributed by atoms with Crippen LogP contribution in [0.2, 0.25) is 0 Å². The van der Waals surface area contributed by atoms with Gasteiger partial charge in [0.15, 0.2) is 0 Å². The molecule has 1 amide bonds. The molecule has 5 heteroatoms. The second-order valence-electron chi connectivity index (χ2n) is 4.59. The molecule has 0 aromatic heterocycles. The van der Waals surface area contributed by atoms with Crippen molar-refractivity contribution in [2.45, 2.75) is 12.3 Å². The fourth-order valence-electron chi connectivity index (χ4n) is 1.64. The molecule has 0 bridgehead atoms. The van der Waals surface area contributed by atoms with E-state index in [-0.39, 0.29) is 12.3 Å². The van der Waals surface area contributed by atoms with Crippen LogP contribution in [0.25, 0.3) is 0 Å². The Hall–Kier alpha value is -1.93. The number of nitrogens with zero attached hydrogens (tertiary/aromatic N) is 2. The highest BCUT2D eigenvalue weighted by molar-refractivity contribution is 5.77. The molecule has 0 fully saturated rings. The van der Waals surface area contributed by atoms with Gasteiger partial charge in [0, 0.05) is 19.5 Å². The largest absolute Gasteiger partial charge is 0.355 e. The lowest BCUT2D eigenvalue weighted by atomic mass is 9.97. The number of amides is 1. The molecule has 0 saturated carbocycles. The average molecular weight is 263 g/mol. The first kappa shape index (κ1) is 15.1. The quantitative estimate of drug-likeness (QED) is 0.846. The molecule has 0 radical (unpaired) electrons. The second-order valence-corrected chi connectivity index (χ2v) is 4.59. The van der Waals surface area contributed by atoms with E-state index >= 15 is 0 Å². The van der Waals surface area contributed by atoms with Gasteiger partial charge in [-0.1, -0.05) is 12.1 Å². The molecule has 0 aliphatic heterocycles. The Morgan fingerprint density at radius 2 is 2.26 bits per heavy atom. The van der Waals surface area contributed by atoms with E-state index in [9.17, 15) is 9.18 Å². The first-order chi connectivity index (χ1) is 9.02. The highest BCUT2D eigenvalue weighted by Gasteiger charge is 2.15. The topological polar surface area (TPSA) is 56.1 Å². The zero-order chi connectivity index (χ0) is 14.3. The third-order valence-electron chi connectivity index (χ3n) is 2.68. The third-order valence-corrected chi connectivity index (χ3v) is 2.68. The number of benzene rings is 1. The van der Waals surface area contributed by atoms with Gasteiger partial charge in [-0.25, -0.2) is 4.39 Å². The van der Waals surface area contributed by atoms with Crippen LogP contribution in [-0.4, -0.2) is 38.0 Å². The molecule has 0 aliphatic carbocycles. The second kappa shape index (κ2) is 7.49. The number of rotatable bonds is 6. The van der Waals surface area contributed by atoms with Crippen LogP contribution in [0.5, 0.6) is 0 Å². The van der Waals surface area contributed by atoms with Gasteiger partial charge in [-0.3, -0.25) is 4.79 Å². The highest BCUT2D eigenvalue weighted by Crippen LogP contribution is 2.19. The first-order valence-electron chi connectivity index (χ1n) is 6.09. The molecule has 0 heterocycles. The Balaban J connectivity index is 2.53. The van der Waals surface area contributed by atoms with Crippen LogP contribution in [0.15, 0.2) is 24.3 Å². The minimum absolute atomic E-state index is 0.0490. The number of nitrogens with one attached hydrogen (secondary N) is 1. The van der Waals surface area contributed by atoms with Crippen LogP contribution < -0.4 is 5.32 Å². The van der Waals surface area contributed by atoms with Gasteiger partial charge in [0.05, 0.1) is 12.0 Å². The molecular formula is C14H18FN3O. The van der Waals surface area contributed by atoms with Crippen molar-refractivity contribution in [3.05, 3.63) is 35.6 Å². The van der Waals surface area contributed by atoms with Crippen LogP contribution >= 0.6 is 0 Å². The van der Waals surface area contributed by atoms with Gasteiger partial charge in [0.25, 0.3) is 0 Å². The van der Waals surface area contributed by atoms with E-state index in [1.165, 1.54) is 12.1 Å². The zero-order valence-corrected chi connectivity index (χ0v) is 11.2. The van der Waals surface area contributed by atoms with Gasteiger partial charge in [0.2, 0.25) is 5.91 Å². The summed E-state index contributed by atoms with van der Waals surface area (Å²) < 4.78 is 13.1. The predicted octanol–water partition coefficient (Wildman–Crippen LogP) is 1.50. The van der Waals surface area contributed by atoms with Crippen molar-refractivity contribution in [2.75, 3.05) is 27.2 Å². The molecule has 1 aromatic rings. The standard InChI is InChI=1S/C14H18FN3O/c1-18(2)7-6-17-14(19)9-12(10-16)11-4-3-5-13(15)8-11/h3-5,8,12H,6-7,9H2,1-2H3,(H,17,19). The lowest BCUT2D eigenvalue weighted by Crippen LogP contribution is -2.32. The van der Waals surface area contributed by atoms with Gasteiger partial charge in [0.1, 0.15) is 5.82 Å². The van der Waals surface area contributed by atoms with Crippen LogP contribution in [0.1, 0.15) is 17.9 Å². The predicted molar refractivity (Wildman–Crippen MR) is 70.9 cm³/mol. The number of carbonyl (C=O) groups is 1. The SMILES string of the molecule is CN(C)CCNC(=O)CC(C#N)c1cccc(F)c1. The molecule has 0 saturated heterocycles. The van der Waals surface area contributed by atoms with Crippen molar-refractivity contribution in [3.8, 4) is 6.07 Å². The van der Waals surface area contributed by atoms with Gasteiger partial charge < -0.3 is 10.2 Å². The van der Waals surface area contributed by atoms with Crippen molar-refractivity contribution in [2.24, 2.45) is 0 Å². The van der Waals surface area contributed by atoms with Gasteiger partial charge in [-0.15, -0.1) is 0 Å². The van der Waals surface area contributed by atoms with E-state index in [4.69, 9.17) is 5.26 Å². The summed E-state index contributed by atoms with van der Waals surface area (Å²) in [6.07, 6.45) is 0.0490. The first-order valence-corrected chi connectivity index (χ1v) is 6.09. The van der Waals surface area contributed by atoms with Crippen LogP contribution in [0.3, 0.4) is 0 Å². The molecule has 1 aromatic carbocycles. The van der Waals surface area contributed by atoms with E-state index < -0.39 is 11.7 Å². The van der Waals surface area contributed by atoms with Crippen LogP contribution in [0.4, 0.5) is 4.39 Å². The number of likely N-dealkylation sites (N-methyl/N-ethyl adjacent to an activating group) is 1. The van der Waals surface area contributed by atoms with Gasteiger partial charge in [-0.2, -0.15) is 5.26 Å². The summed E-state index contributed by atoms with van der Waals surface area (Å²) in [5.74, 6) is -1.21. The molecule has 4 nitrogen and oxygen atoms in total.